The van der Waals surface area contributed by atoms with E-state index < -0.39 is 183 Å². The molecule has 78 heavy (non-hydrogen) atoms. The van der Waals surface area contributed by atoms with Gasteiger partial charge in [0.15, 0.2) is 25.2 Å². The lowest BCUT2D eigenvalue weighted by atomic mass is 9.93. The summed E-state index contributed by atoms with van der Waals surface area (Å²) in [6.45, 7) is 1.68. The molecule has 14 N–H and O–H groups in total. The van der Waals surface area contributed by atoms with Crippen molar-refractivity contribution >= 4 is 34.0 Å². The van der Waals surface area contributed by atoms with Crippen molar-refractivity contribution in [1.82, 2.24) is 21.3 Å². The van der Waals surface area contributed by atoms with Crippen LogP contribution in [0.5, 0.6) is 5.75 Å². The van der Waals surface area contributed by atoms with Gasteiger partial charge in [-0.15, -0.1) is 0 Å². The molecule has 0 radical (unpaired) electrons. The molecule has 0 saturated carbocycles. The number of unbranched alkanes of at least 4 members (excludes halogenated alkanes) is 5. The van der Waals surface area contributed by atoms with Gasteiger partial charge in [-0.3, -0.25) is 23.7 Å². The van der Waals surface area contributed by atoms with E-state index in [1.54, 1.807) is 12.1 Å². The molecule has 4 amide bonds. The highest BCUT2D eigenvalue weighted by Crippen LogP contribution is 2.35. The zero-order valence-electron chi connectivity index (χ0n) is 43.5. The molecule has 0 bridgehead atoms. The summed E-state index contributed by atoms with van der Waals surface area (Å²) in [6, 6.07) is -0.739. The summed E-state index contributed by atoms with van der Waals surface area (Å²) in [6.07, 6.45) is -17.8. The zero-order chi connectivity index (χ0) is 57.4. The highest BCUT2D eigenvalue weighted by atomic mass is 32.3. The van der Waals surface area contributed by atoms with Crippen molar-refractivity contribution in [3.63, 3.8) is 0 Å². The number of allylic oxidation sites excluding steroid dienone is 2. The third-order valence-electron chi connectivity index (χ3n) is 13.2. The first-order valence-corrected chi connectivity index (χ1v) is 27.0. The summed E-state index contributed by atoms with van der Waals surface area (Å²) in [5.74, 6) is -2.72. The molecule has 20 unspecified atom stereocenters. The predicted molar refractivity (Wildman–Crippen MR) is 263 cm³/mol. The Hall–Kier alpha value is -4.13. The average molecular weight is 1140 g/mol. The van der Waals surface area contributed by atoms with Crippen LogP contribution < -0.4 is 26.0 Å². The topological polar surface area (TPSA) is 436 Å². The van der Waals surface area contributed by atoms with Gasteiger partial charge in [0.2, 0.25) is 17.7 Å². The minimum absolute atomic E-state index is 0.0808. The zero-order valence-corrected chi connectivity index (χ0v) is 44.3. The number of nitrogens with one attached hydrogen (secondary N) is 4. The first-order chi connectivity index (χ1) is 37.0. The van der Waals surface area contributed by atoms with Crippen LogP contribution in [0.3, 0.4) is 0 Å². The molecule has 4 aliphatic rings. The molecule has 444 valence electrons. The molecule has 4 heterocycles. The third kappa shape index (κ3) is 17.9. The van der Waals surface area contributed by atoms with Crippen molar-refractivity contribution in [2.45, 2.75) is 195 Å². The molecule has 4 fully saturated rings. The Kier molecular flexibility index (Phi) is 25.4. The van der Waals surface area contributed by atoms with E-state index in [9.17, 15) is 78.1 Å². The Morgan fingerprint density at radius 3 is 1.49 bits per heavy atom. The number of benzene rings is 1. The van der Waals surface area contributed by atoms with Crippen LogP contribution in [-0.4, -0.2) is 238 Å². The lowest BCUT2D eigenvalue weighted by Gasteiger charge is -2.51. The van der Waals surface area contributed by atoms with Gasteiger partial charge in [-0.25, -0.2) is 4.18 Å². The fourth-order valence-corrected chi connectivity index (χ4v) is 9.64. The molecule has 0 spiro atoms. The smallest absolute Gasteiger partial charge is 0.397 e. The van der Waals surface area contributed by atoms with Gasteiger partial charge in [-0.2, -0.15) is 8.42 Å². The van der Waals surface area contributed by atoms with E-state index in [2.05, 4.69) is 44.5 Å². The molecular weight excluding hydrogens is 1060 g/mol. The number of carbonyl (C=O) groups excluding carboxylic acids is 4. The number of aliphatic hydroxyl groups is 9. The van der Waals surface area contributed by atoms with Gasteiger partial charge < -0.3 is 105 Å². The Labute approximate surface area is 450 Å². The number of rotatable bonds is 27. The average Bonchev–Trinajstić information content (AvgIpc) is 3.43. The molecule has 5 rings (SSSR count). The van der Waals surface area contributed by atoms with Crippen molar-refractivity contribution in [1.29, 1.82) is 0 Å². The van der Waals surface area contributed by atoms with Crippen molar-refractivity contribution in [2.75, 3.05) is 33.0 Å². The van der Waals surface area contributed by atoms with E-state index in [0.29, 0.717) is 12.4 Å². The first-order valence-electron chi connectivity index (χ1n) is 25.6. The largest absolute Gasteiger partial charge is 0.494 e. The second kappa shape index (κ2) is 30.6. The van der Waals surface area contributed by atoms with Gasteiger partial charge in [0, 0.05) is 26.3 Å². The van der Waals surface area contributed by atoms with E-state index >= 15 is 0 Å². The second-order valence-electron chi connectivity index (χ2n) is 19.2. The maximum atomic E-state index is 13.7. The lowest BCUT2D eigenvalue weighted by Crippen LogP contribution is -2.71. The minimum Gasteiger partial charge on any atom is -0.494 e. The molecule has 0 aromatic heterocycles. The number of ether oxygens (including phenoxy) is 8. The summed E-state index contributed by atoms with van der Waals surface area (Å²) in [5.41, 5.74) is 0.0808. The highest BCUT2D eigenvalue weighted by molar-refractivity contribution is 7.80. The Morgan fingerprint density at radius 2 is 1.01 bits per heavy atom. The molecule has 4 saturated heterocycles. The van der Waals surface area contributed by atoms with Crippen LogP contribution in [0.2, 0.25) is 0 Å². The maximum Gasteiger partial charge on any atom is 0.397 e. The van der Waals surface area contributed by atoms with Crippen molar-refractivity contribution in [2.24, 2.45) is 0 Å². The van der Waals surface area contributed by atoms with Crippen molar-refractivity contribution < 1.29 is 120 Å². The third-order valence-corrected chi connectivity index (χ3v) is 13.7. The SMILES string of the molecule is CCCCCC/C=C\CCCOc1ccc(C(=O)NC2C(OC3C(CO)OC(OC4C(CO)OC(OC5C(COS(=O)(=O)O)OC(O)C(NC(C)=O)C5O)C(NC(C)=O)C4O)C(NC(C)=O)C3O)OC(CO)C(O)C2O)cc1. The number of aliphatic hydroxyl groups excluding tert-OH is 9. The van der Waals surface area contributed by atoms with Crippen LogP contribution in [0.4, 0.5) is 0 Å². The summed E-state index contributed by atoms with van der Waals surface area (Å²) >= 11 is 0. The monoisotopic (exact) mass is 1140 g/mol. The molecular formula is C48H76N4O25S. The van der Waals surface area contributed by atoms with Crippen molar-refractivity contribution in [3.8, 4) is 5.75 Å². The fraction of sp³-hybridized carbons (Fsp3) is 0.750. The molecule has 1 aromatic rings. The normalized spacial score (nSPS) is 35.4. The molecule has 4 aliphatic heterocycles. The molecule has 1 aromatic carbocycles. The van der Waals surface area contributed by atoms with Crippen molar-refractivity contribution in [3.05, 3.63) is 42.0 Å². The van der Waals surface area contributed by atoms with E-state index in [-0.39, 0.29) is 5.56 Å². The second-order valence-corrected chi connectivity index (χ2v) is 20.3. The van der Waals surface area contributed by atoms with Gasteiger partial charge in [0.1, 0.15) is 103 Å². The van der Waals surface area contributed by atoms with E-state index in [4.69, 9.17) is 37.9 Å². The fourth-order valence-electron chi connectivity index (χ4n) is 9.33. The first kappa shape index (κ1) is 64.7. The van der Waals surface area contributed by atoms with Crippen LogP contribution in [0.25, 0.3) is 0 Å². The van der Waals surface area contributed by atoms with E-state index in [1.807, 2.05) is 0 Å². The number of hydrogen-bond acceptors (Lipinski definition) is 24. The number of amides is 4. The van der Waals surface area contributed by atoms with E-state index in [0.717, 1.165) is 46.5 Å². The lowest BCUT2D eigenvalue weighted by molar-refractivity contribution is -0.361. The Bertz CT molecular complexity index is 2200. The van der Waals surface area contributed by atoms with Gasteiger partial charge >= 0.3 is 10.4 Å². The predicted octanol–water partition coefficient (Wildman–Crippen LogP) is -4.37. The minimum atomic E-state index is -5.16. The molecule has 29 nitrogen and oxygen atoms in total. The van der Waals surface area contributed by atoms with Crippen LogP contribution in [0, 0.1) is 0 Å². The summed E-state index contributed by atoms with van der Waals surface area (Å²) in [4.78, 5) is 51.0. The van der Waals surface area contributed by atoms with Gasteiger partial charge in [0.25, 0.3) is 5.91 Å². The van der Waals surface area contributed by atoms with Gasteiger partial charge in [-0.05, 0) is 49.9 Å². The molecule has 20 atom stereocenters. The number of hydrogen-bond donors (Lipinski definition) is 14. The highest BCUT2D eigenvalue weighted by Gasteiger charge is 2.56. The van der Waals surface area contributed by atoms with Gasteiger partial charge in [0.05, 0.1) is 33.0 Å². The summed E-state index contributed by atoms with van der Waals surface area (Å²) < 4.78 is 83.8. The van der Waals surface area contributed by atoms with E-state index in [1.165, 1.54) is 31.4 Å². The maximum absolute atomic E-state index is 13.7. The number of carbonyl (C=O) groups is 4. The molecule has 30 heteroatoms. The van der Waals surface area contributed by atoms with Crippen LogP contribution in [-0.2, 0) is 62.1 Å². The molecule has 0 aliphatic carbocycles. The quantitative estimate of drug-likeness (QED) is 0.0225. The van der Waals surface area contributed by atoms with Crippen LogP contribution in [0.15, 0.2) is 36.4 Å². The van der Waals surface area contributed by atoms with Gasteiger partial charge in [-0.1, -0.05) is 38.3 Å². The van der Waals surface area contributed by atoms with Crippen LogP contribution >= 0.6 is 0 Å². The van der Waals surface area contributed by atoms with Crippen LogP contribution in [0.1, 0.15) is 83.0 Å². The Morgan fingerprint density at radius 1 is 0.564 bits per heavy atom. The summed E-state index contributed by atoms with van der Waals surface area (Å²) in [7, 11) is -5.16. The Balaban J connectivity index is 1.33. The standard InChI is InChI=1S/C48H76N4O25S/c1-5-6-7-8-9-10-11-12-13-18-69-27-16-14-26(15-17-27)44(64)52-33-37(60)36(59)28(19-53)72-46(33)75-41-29(20-54)73-47(34(39(41)62)50-24(3)57)76-42-30(21-55)74-48(35(40(42)63)51-25(4)58)77-43-31(22-70-78(66,67)68)71-45(65)32(38(43)61)49-23(2)56/h10-11,14-17,28-43,45-48,53-55,59-63,65H,5-9,12-13,18-22H2,1-4H3,(H,49,56)(H,50,57)(H,51,58)(H,52,64)(H,66,67,68)/b11-10-. The summed E-state index contributed by atoms with van der Waals surface area (Å²) in [5, 5.41) is 109.